The normalized spacial score (nSPS) is 20.1. The lowest BCUT2D eigenvalue weighted by Gasteiger charge is -2.27. The number of benzene rings is 2. The van der Waals surface area contributed by atoms with Crippen LogP contribution in [0.3, 0.4) is 0 Å². The van der Waals surface area contributed by atoms with E-state index in [4.69, 9.17) is 20.4 Å². The van der Waals surface area contributed by atoms with Crippen molar-refractivity contribution in [3.8, 4) is 11.1 Å². The zero-order chi connectivity index (χ0) is 33.7. The topological polar surface area (TPSA) is 156 Å². The Bertz CT molecular complexity index is 1770. The number of oxime groups is 1. The number of nitrogens with two attached hydrogens (primary N) is 1. The maximum Gasteiger partial charge on any atom is 0.413 e. The predicted octanol–water partition coefficient (Wildman–Crippen LogP) is 3.46. The van der Waals surface area contributed by atoms with Gasteiger partial charge in [-0.1, -0.05) is 35.5 Å². The van der Waals surface area contributed by atoms with Gasteiger partial charge in [0.05, 0.1) is 26.3 Å². The Kier molecular flexibility index (Phi) is 8.17. The number of halogens is 5. The number of ether oxygens (including phenoxy) is 2. The number of likely N-dealkylation sites (tertiary alicyclic amines) is 1. The second kappa shape index (κ2) is 11.9. The first-order chi connectivity index (χ1) is 22.2. The molecule has 3 amide bonds. The van der Waals surface area contributed by atoms with E-state index in [0.717, 1.165) is 17.0 Å². The van der Waals surface area contributed by atoms with Crippen LogP contribution >= 0.6 is 11.3 Å². The highest BCUT2D eigenvalue weighted by Gasteiger charge is 2.54. The van der Waals surface area contributed by atoms with Crippen molar-refractivity contribution in [1.82, 2.24) is 15.5 Å². The monoisotopic (exact) mass is 679 g/mol. The second-order valence-corrected chi connectivity index (χ2v) is 12.1. The molecule has 1 unspecified atom stereocenters. The van der Waals surface area contributed by atoms with E-state index in [2.05, 4.69) is 10.5 Å². The smallest absolute Gasteiger partial charge is 0.409 e. The maximum absolute atomic E-state index is 14.9. The van der Waals surface area contributed by atoms with Crippen molar-refractivity contribution < 1.29 is 51.0 Å². The highest BCUT2D eigenvalue weighted by Crippen LogP contribution is 2.51. The van der Waals surface area contributed by atoms with E-state index in [1.807, 2.05) is 5.32 Å². The minimum absolute atomic E-state index is 0.00564. The van der Waals surface area contributed by atoms with Crippen molar-refractivity contribution >= 4 is 34.9 Å². The summed E-state index contributed by atoms with van der Waals surface area (Å²) in [4.78, 5) is 40.4. The number of carbonyl (C=O) groups is 3. The summed E-state index contributed by atoms with van der Waals surface area (Å²) in [5.41, 5.74) is 5.47. The van der Waals surface area contributed by atoms with E-state index in [-0.39, 0.29) is 64.4 Å². The largest absolute Gasteiger partial charge is 0.413 e. The maximum atomic E-state index is 14.9. The molecule has 2 aliphatic heterocycles. The fourth-order valence-electron chi connectivity index (χ4n) is 5.97. The highest BCUT2D eigenvalue weighted by atomic mass is 32.1. The summed E-state index contributed by atoms with van der Waals surface area (Å²) in [5, 5.41) is 17.2. The predicted molar refractivity (Wildman–Crippen MR) is 156 cm³/mol. The van der Waals surface area contributed by atoms with Gasteiger partial charge in [0, 0.05) is 38.9 Å². The van der Waals surface area contributed by atoms with Gasteiger partial charge in [-0.05, 0) is 29.3 Å². The van der Waals surface area contributed by atoms with Gasteiger partial charge in [0.25, 0.3) is 11.8 Å². The van der Waals surface area contributed by atoms with Gasteiger partial charge < -0.3 is 35.9 Å². The molecule has 0 radical (unpaired) electrons. The molecule has 17 heteroatoms. The van der Waals surface area contributed by atoms with Crippen molar-refractivity contribution in [2.45, 2.75) is 36.4 Å². The van der Waals surface area contributed by atoms with Gasteiger partial charge in [-0.2, -0.15) is 22.0 Å². The molecular formula is C30H26F5N5O6S. The summed E-state index contributed by atoms with van der Waals surface area (Å²) < 4.78 is 83.5. The Labute approximate surface area is 267 Å². The molecule has 3 aliphatic rings. The lowest BCUT2D eigenvalue weighted by atomic mass is 10.0. The van der Waals surface area contributed by atoms with E-state index in [1.54, 1.807) is 6.07 Å². The van der Waals surface area contributed by atoms with E-state index >= 15 is 0 Å². The van der Waals surface area contributed by atoms with Gasteiger partial charge in [0.1, 0.15) is 6.04 Å². The van der Waals surface area contributed by atoms with E-state index in [9.17, 15) is 36.3 Å². The van der Waals surface area contributed by atoms with Crippen LogP contribution in [0.25, 0.3) is 11.1 Å². The van der Waals surface area contributed by atoms with Crippen LogP contribution in [0.15, 0.2) is 59.1 Å². The van der Waals surface area contributed by atoms with Crippen LogP contribution in [0.1, 0.15) is 44.4 Å². The number of fused-ring (bicyclic) bond motifs is 3. The molecule has 3 heterocycles. The third kappa shape index (κ3) is 5.89. The van der Waals surface area contributed by atoms with Gasteiger partial charge in [0.2, 0.25) is 11.8 Å². The molecule has 0 bridgehead atoms. The van der Waals surface area contributed by atoms with Crippen molar-refractivity contribution in [2.75, 3.05) is 26.3 Å². The molecule has 2 atom stereocenters. The van der Waals surface area contributed by atoms with Gasteiger partial charge >= 0.3 is 6.18 Å². The average molecular weight is 680 g/mol. The van der Waals surface area contributed by atoms with Crippen LogP contribution in [0.2, 0.25) is 0 Å². The summed E-state index contributed by atoms with van der Waals surface area (Å²) in [5.74, 6) is -7.85. The van der Waals surface area contributed by atoms with Crippen molar-refractivity contribution in [3.63, 3.8) is 0 Å². The minimum atomic E-state index is -4.96. The molecule has 2 saturated heterocycles. The highest BCUT2D eigenvalue weighted by molar-refractivity contribution is 7.10. The Morgan fingerprint density at radius 3 is 2.47 bits per heavy atom. The summed E-state index contributed by atoms with van der Waals surface area (Å²) >= 11 is 0.626. The zero-order valence-corrected chi connectivity index (χ0v) is 25.0. The molecule has 248 valence electrons. The fourth-order valence-corrected chi connectivity index (χ4v) is 6.94. The Morgan fingerprint density at radius 2 is 1.77 bits per heavy atom. The molecule has 1 aliphatic carbocycles. The quantitative estimate of drug-likeness (QED) is 0.0981. The molecular weight excluding hydrogens is 653 g/mol. The summed E-state index contributed by atoms with van der Waals surface area (Å²) in [6, 6.07) is 6.61. The third-order valence-corrected chi connectivity index (χ3v) is 9.22. The lowest BCUT2D eigenvalue weighted by molar-refractivity contribution is -0.164. The molecule has 5 N–H and O–H groups in total. The Morgan fingerprint density at radius 1 is 1.06 bits per heavy atom. The number of thiophene rings is 1. The molecule has 2 aromatic carbocycles. The van der Waals surface area contributed by atoms with E-state index in [0.29, 0.717) is 11.3 Å². The van der Waals surface area contributed by atoms with Gasteiger partial charge in [-0.3, -0.25) is 14.4 Å². The summed E-state index contributed by atoms with van der Waals surface area (Å²) in [6.45, 7) is -0.706. The molecule has 3 aromatic rings. The number of alkyl halides is 5. The second-order valence-electron chi connectivity index (χ2n) is 11.1. The molecule has 1 spiro atoms. The number of nitrogens with one attached hydrogen (secondary N) is 2. The van der Waals surface area contributed by atoms with Crippen LogP contribution in [0.4, 0.5) is 22.0 Å². The molecule has 1 aromatic heterocycles. The number of amidine groups is 1. The van der Waals surface area contributed by atoms with Crippen LogP contribution in [0, 0.1) is 0 Å². The number of amides is 3. The third-order valence-electron chi connectivity index (χ3n) is 8.23. The van der Waals surface area contributed by atoms with Crippen molar-refractivity contribution in [1.29, 1.82) is 0 Å². The van der Waals surface area contributed by atoms with Crippen LogP contribution in [-0.2, 0) is 25.0 Å². The Hall–Kier alpha value is -4.61. The first kappa shape index (κ1) is 32.3. The summed E-state index contributed by atoms with van der Waals surface area (Å²) in [7, 11) is 0. The number of carbonyl (C=O) groups excluding carboxylic acids is 3. The molecule has 11 nitrogen and oxygen atoms in total. The van der Waals surface area contributed by atoms with Gasteiger partial charge in [-0.15, -0.1) is 11.3 Å². The molecule has 2 fully saturated rings. The SMILES string of the molecule is NC(=NO)c1csc(C(NC(=O)[C@@H]2CC3(CN2C(=O)CNC(=O)c2ccc4c(c2)-c2ccccc2C4(F)F)OCCO3)C(F)(F)F)c1. The van der Waals surface area contributed by atoms with Crippen LogP contribution < -0.4 is 16.4 Å². The van der Waals surface area contributed by atoms with Gasteiger partial charge in [0.15, 0.2) is 17.7 Å². The van der Waals surface area contributed by atoms with E-state index in [1.165, 1.54) is 35.7 Å². The number of nitrogens with zero attached hydrogens (tertiary/aromatic N) is 2. The molecule has 0 saturated carbocycles. The Balaban J connectivity index is 1.18. The minimum Gasteiger partial charge on any atom is -0.409 e. The first-order valence-corrected chi connectivity index (χ1v) is 15.0. The number of hydrogen-bond donors (Lipinski definition) is 4. The average Bonchev–Trinajstić information content (AvgIpc) is 3.84. The molecule has 47 heavy (non-hydrogen) atoms. The van der Waals surface area contributed by atoms with Crippen LogP contribution in [-0.4, -0.2) is 78.0 Å². The van der Waals surface area contributed by atoms with Crippen LogP contribution in [0.5, 0.6) is 0 Å². The fraction of sp³-hybridized carbons (Fsp3) is 0.333. The van der Waals surface area contributed by atoms with Crippen molar-refractivity contribution in [2.24, 2.45) is 10.9 Å². The summed E-state index contributed by atoms with van der Waals surface area (Å²) in [6.07, 6.45) is -5.23. The van der Waals surface area contributed by atoms with Gasteiger partial charge in [-0.25, -0.2) is 0 Å². The number of rotatable bonds is 7. The number of hydrogen-bond acceptors (Lipinski definition) is 8. The first-order valence-electron chi connectivity index (χ1n) is 14.2. The lowest BCUT2D eigenvalue weighted by Crippen LogP contribution is -2.51. The standard InChI is InChI=1S/C30H26F5N5O6S/c31-29(32)19-4-2-1-3-17(19)18-9-15(5-6-20(18)29)26(42)37-12-23(41)40-14-28(45-7-8-46-28)11-21(40)27(43)38-24(30(33,34)35)22-10-16(13-47-22)25(36)39-44/h1-6,9-10,13,21,24,44H,7-8,11-12,14H2,(H2,36,39)(H,37,42)(H,38,43)/t21-,24?/m0/s1. The van der Waals surface area contributed by atoms with E-state index < -0.39 is 60.1 Å². The molecule has 6 rings (SSSR count). The zero-order valence-electron chi connectivity index (χ0n) is 24.1. The van der Waals surface area contributed by atoms with Crippen molar-refractivity contribution in [3.05, 3.63) is 81.0 Å².